The highest BCUT2D eigenvalue weighted by molar-refractivity contribution is 5.44. The molecule has 1 heterocycles. The molecule has 1 aromatic rings. The highest BCUT2D eigenvalue weighted by Crippen LogP contribution is 2.32. The average molecular weight is 203 g/mol. The Bertz CT molecular complexity index is 404. The van der Waals surface area contributed by atoms with Crippen molar-refractivity contribution in [3.63, 3.8) is 0 Å². The molecule has 1 N–H and O–H groups in total. The molecule has 2 rings (SSSR count). The fourth-order valence-corrected chi connectivity index (χ4v) is 1.41. The predicted molar refractivity (Wildman–Crippen MR) is 57.7 cm³/mol. The van der Waals surface area contributed by atoms with Crippen LogP contribution in [0.2, 0.25) is 0 Å². The van der Waals surface area contributed by atoms with Gasteiger partial charge in [0.1, 0.15) is 0 Å². The van der Waals surface area contributed by atoms with Crippen LogP contribution in [-0.2, 0) is 6.54 Å². The Kier molecular flexibility index (Phi) is 3.11. The molecule has 1 aromatic carbocycles. The molecule has 0 radical (unpaired) electrons. The second kappa shape index (κ2) is 4.72. The quantitative estimate of drug-likeness (QED) is 0.597. The van der Waals surface area contributed by atoms with Gasteiger partial charge in [0.25, 0.3) is 0 Å². The molecular formula is C12H13NO2. The van der Waals surface area contributed by atoms with Crippen molar-refractivity contribution in [1.82, 2.24) is 5.32 Å². The minimum Gasteiger partial charge on any atom is -0.454 e. The molecule has 0 aromatic heterocycles. The van der Waals surface area contributed by atoms with Crippen LogP contribution >= 0.6 is 0 Å². The Morgan fingerprint density at radius 1 is 1.33 bits per heavy atom. The second-order valence-corrected chi connectivity index (χ2v) is 3.22. The van der Waals surface area contributed by atoms with Gasteiger partial charge in [-0.15, -0.1) is 5.92 Å². The summed E-state index contributed by atoms with van der Waals surface area (Å²) in [5.41, 5.74) is 1.18. The van der Waals surface area contributed by atoms with Crippen LogP contribution in [0.4, 0.5) is 0 Å². The van der Waals surface area contributed by atoms with E-state index in [0.717, 1.165) is 18.0 Å². The van der Waals surface area contributed by atoms with Crippen molar-refractivity contribution < 1.29 is 9.47 Å². The molecule has 0 amide bonds. The standard InChI is InChI=1S/C12H13NO2/c1-2-3-6-13-8-10-4-5-11-12(7-10)15-9-14-11/h4-5,7,13H,6,8-9H2,1H3. The summed E-state index contributed by atoms with van der Waals surface area (Å²) in [5.74, 6) is 7.45. The van der Waals surface area contributed by atoms with E-state index in [2.05, 4.69) is 17.2 Å². The molecule has 3 heteroatoms. The van der Waals surface area contributed by atoms with E-state index in [-0.39, 0.29) is 0 Å². The number of nitrogens with one attached hydrogen (secondary N) is 1. The minimum atomic E-state index is 0.327. The van der Waals surface area contributed by atoms with Crippen molar-refractivity contribution in [2.75, 3.05) is 13.3 Å². The van der Waals surface area contributed by atoms with Crippen LogP contribution in [0.25, 0.3) is 0 Å². The van der Waals surface area contributed by atoms with Crippen molar-refractivity contribution in [3.8, 4) is 23.3 Å². The predicted octanol–water partition coefficient (Wildman–Crippen LogP) is 1.53. The van der Waals surface area contributed by atoms with Crippen LogP contribution in [0.5, 0.6) is 11.5 Å². The molecule has 0 spiro atoms. The molecule has 1 aliphatic rings. The molecule has 1 aliphatic heterocycles. The van der Waals surface area contributed by atoms with Crippen LogP contribution in [0.3, 0.4) is 0 Å². The highest BCUT2D eigenvalue weighted by atomic mass is 16.7. The zero-order chi connectivity index (χ0) is 10.5. The molecule has 0 bridgehead atoms. The Morgan fingerprint density at radius 2 is 2.20 bits per heavy atom. The number of hydrogen-bond acceptors (Lipinski definition) is 3. The summed E-state index contributed by atoms with van der Waals surface area (Å²) in [6.07, 6.45) is 0. The monoisotopic (exact) mass is 203 g/mol. The fourth-order valence-electron chi connectivity index (χ4n) is 1.41. The first-order valence-corrected chi connectivity index (χ1v) is 4.89. The van der Waals surface area contributed by atoms with Crippen LogP contribution in [-0.4, -0.2) is 13.3 Å². The maximum Gasteiger partial charge on any atom is 0.231 e. The first-order chi connectivity index (χ1) is 7.40. The maximum absolute atomic E-state index is 5.29. The smallest absolute Gasteiger partial charge is 0.231 e. The Labute approximate surface area is 89.4 Å². The Morgan fingerprint density at radius 3 is 3.07 bits per heavy atom. The van der Waals surface area contributed by atoms with E-state index in [9.17, 15) is 0 Å². The van der Waals surface area contributed by atoms with E-state index in [1.54, 1.807) is 0 Å². The SMILES string of the molecule is CC#CCNCc1ccc2c(c1)OCO2. The normalized spacial score (nSPS) is 12.1. The number of ether oxygens (including phenoxy) is 2. The Hall–Kier alpha value is -1.66. The summed E-state index contributed by atoms with van der Waals surface area (Å²) in [4.78, 5) is 0. The third-order valence-corrected chi connectivity index (χ3v) is 2.16. The van der Waals surface area contributed by atoms with E-state index in [1.807, 2.05) is 25.1 Å². The molecular weight excluding hydrogens is 190 g/mol. The molecule has 3 nitrogen and oxygen atoms in total. The van der Waals surface area contributed by atoms with Gasteiger partial charge in [-0.25, -0.2) is 0 Å². The van der Waals surface area contributed by atoms with E-state index < -0.39 is 0 Å². The van der Waals surface area contributed by atoms with Crippen molar-refractivity contribution in [1.29, 1.82) is 0 Å². The first-order valence-electron chi connectivity index (χ1n) is 4.89. The topological polar surface area (TPSA) is 30.5 Å². The maximum atomic E-state index is 5.29. The van der Waals surface area contributed by atoms with Gasteiger partial charge in [0.15, 0.2) is 11.5 Å². The van der Waals surface area contributed by atoms with Gasteiger partial charge in [-0.05, 0) is 24.6 Å². The first kappa shape index (κ1) is 9.88. The van der Waals surface area contributed by atoms with Gasteiger partial charge in [-0.1, -0.05) is 12.0 Å². The van der Waals surface area contributed by atoms with Crippen LogP contribution < -0.4 is 14.8 Å². The number of hydrogen-bond donors (Lipinski definition) is 1. The molecule has 0 aliphatic carbocycles. The molecule has 0 atom stereocenters. The van der Waals surface area contributed by atoms with Crippen molar-refractivity contribution >= 4 is 0 Å². The summed E-state index contributed by atoms with van der Waals surface area (Å²) in [6.45, 7) is 3.67. The molecule has 0 saturated heterocycles. The lowest BCUT2D eigenvalue weighted by atomic mass is 10.2. The van der Waals surface area contributed by atoms with E-state index in [4.69, 9.17) is 9.47 Å². The minimum absolute atomic E-state index is 0.327. The Balaban J connectivity index is 1.94. The average Bonchev–Trinajstić information content (AvgIpc) is 2.71. The molecule has 0 saturated carbocycles. The lowest BCUT2D eigenvalue weighted by Crippen LogP contribution is -2.12. The lowest BCUT2D eigenvalue weighted by Gasteiger charge is -2.02. The van der Waals surface area contributed by atoms with Gasteiger partial charge in [-0.3, -0.25) is 0 Å². The number of rotatable bonds is 3. The molecule has 0 unspecified atom stereocenters. The second-order valence-electron chi connectivity index (χ2n) is 3.22. The molecule has 0 fully saturated rings. The third-order valence-electron chi connectivity index (χ3n) is 2.16. The largest absolute Gasteiger partial charge is 0.454 e. The van der Waals surface area contributed by atoms with Crippen LogP contribution in [0.15, 0.2) is 18.2 Å². The van der Waals surface area contributed by atoms with Gasteiger partial charge >= 0.3 is 0 Å². The lowest BCUT2D eigenvalue weighted by molar-refractivity contribution is 0.174. The zero-order valence-corrected chi connectivity index (χ0v) is 8.67. The van der Waals surface area contributed by atoms with Gasteiger partial charge in [0.2, 0.25) is 6.79 Å². The van der Waals surface area contributed by atoms with E-state index in [1.165, 1.54) is 5.56 Å². The van der Waals surface area contributed by atoms with Crippen molar-refractivity contribution in [3.05, 3.63) is 23.8 Å². The summed E-state index contributed by atoms with van der Waals surface area (Å²) >= 11 is 0. The highest BCUT2D eigenvalue weighted by Gasteiger charge is 2.12. The number of benzene rings is 1. The van der Waals surface area contributed by atoms with Crippen molar-refractivity contribution in [2.24, 2.45) is 0 Å². The van der Waals surface area contributed by atoms with Gasteiger partial charge in [0, 0.05) is 6.54 Å². The summed E-state index contributed by atoms with van der Waals surface area (Å²) in [5, 5.41) is 3.22. The summed E-state index contributed by atoms with van der Waals surface area (Å²) in [7, 11) is 0. The van der Waals surface area contributed by atoms with Crippen LogP contribution in [0.1, 0.15) is 12.5 Å². The fraction of sp³-hybridized carbons (Fsp3) is 0.333. The number of fused-ring (bicyclic) bond motifs is 1. The zero-order valence-electron chi connectivity index (χ0n) is 8.67. The summed E-state index contributed by atoms with van der Waals surface area (Å²) in [6, 6.07) is 5.96. The van der Waals surface area contributed by atoms with Gasteiger partial charge in [0.05, 0.1) is 6.54 Å². The van der Waals surface area contributed by atoms with Crippen molar-refractivity contribution in [2.45, 2.75) is 13.5 Å². The molecule has 78 valence electrons. The molecule has 15 heavy (non-hydrogen) atoms. The third kappa shape index (κ3) is 2.42. The van der Waals surface area contributed by atoms with Crippen LogP contribution in [0, 0.1) is 11.8 Å². The van der Waals surface area contributed by atoms with Gasteiger partial charge < -0.3 is 14.8 Å². The summed E-state index contributed by atoms with van der Waals surface area (Å²) < 4.78 is 10.5. The van der Waals surface area contributed by atoms with E-state index >= 15 is 0 Å². The van der Waals surface area contributed by atoms with Gasteiger partial charge in [-0.2, -0.15) is 0 Å². The van der Waals surface area contributed by atoms with E-state index in [0.29, 0.717) is 13.3 Å².